The summed E-state index contributed by atoms with van der Waals surface area (Å²) in [5.74, 6) is 1.66. The lowest BCUT2D eigenvalue weighted by molar-refractivity contribution is 0.316. The summed E-state index contributed by atoms with van der Waals surface area (Å²) < 4.78 is 5.88. The lowest BCUT2D eigenvalue weighted by Gasteiger charge is -2.10. The molecule has 1 aromatic carbocycles. The Bertz CT molecular complexity index is 566. The highest BCUT2D eigenvalue weighted by molar-refractivity contribution is 5.84. The zero-order valence-corrected chi connectivity index (χ0v) is 13.4. The van der Waals surface area contributed by atoms with E-state index in [4.69, 9.17) is 4.74 Å². The standard InChI is InChI=1S/C18H26N2O/c1-14(2)6-5-11-19-12-13-21-17-8-4-7-16-10-9-15(3)20-18(16)17/h4,7-10,14,19H,5-6,11-13H2,1-3H3. The van der Waals surface area contributed by atoms with Gasteiger partial charge < -0.3 is 10.1 Å². The van der Waals surface area contributed by atoms with E-state index in [9.17, 15) is 0 Å². The maximum atomic E-state index is 5.88. The van der Waals surface area contributed by atoms with Crippen LogP contribution in [0.3, 0.4) is 0 Å². The van der Waals surface area contributed by atoms with E-state index in [1.807, 2.05) is 25.1 Å². The number of para-hydroxylation sites is 1. The number of hydrogen-bond acceptors (Lipinski definition) is 3. The molecule has 0 radical (unpaired) electrons. The minimum absolute atomic E-state index is 0.677. The zero-order chi connectivity index (χ0) is 15.1. The van der Waals surface area contributed by atoms with Gasteiger partial charge in [-0.05, 0) is 44.4 Å². The molecule has 1 aromatic heterocycles. The maximum absolute atomic E-state index is 5.88. The number of aromatic nitrogens is 1. The molecule has 0 amide bonds. The zero-order valence-electron chi connectivity index (χ0n) is 13.4. The third kappa shape index (κ3) is 5.01. The molecule has 0 bridgehead atoms. The van der Waals surface area contributed by atoms with Crippen molar-refractivity contribution in [3.63, 3.8) is 0 Å². The van der Waals surface area contributed by atoms with E-state index >= 15 is 0 Å². The third-order valence-electron chi connectivity index (χ3n) is 3.49. The van der Waals surface area contributed by atoms with Crippen LogP contribution in [0.4, 0.5) is 0 Å². The first kappa shape index (κ1) is 15.8. The molecule has 0 fully saturated rings. The first-order chi connectivity index (χ1) is 10.2. The van der Waals surface area contributed by atoms with Gasteiger partial charge in [0.1, 0.15) is 17.9 Å². The van der Waals surface area contributed by atoms with E-state index in [1.54, 1.807) is 0 Å². The SMILES string of the molecule is Cc1ccc2cccc(OCCNCCCC(C)C)c2n1. The second kappa shape index (κ2) is 7.99. The van der Waals surface area contributed by atoms with Gasteiger partial charge in [-0.3, -0.25) is 0 Å². The number of rotatable bonds is 8. The predicted molar refractivity (Wildman–Crippen MR) is 88.9 cm³/mol. The Morgan fingerprint density at radius 3 is 2.81 bits per heavy atom. The minimum Gasteiger partial charge on any atom is -0.490 e. The van der Waals surface area contributed by atoms with Gasteiger partial charge in [0, 0.05) is 17.6 Å². The summed E-state index contributed by atoms with van der Waals surface area (Å²) in [5, 5.41) is 4.55. The summed E-state index contributed by atoms with van der Waals surface area (Å²) >= 11 is 0. The number of pyridine rings is 1. The van der Waals surface area contributed by atoms with Gasteiger partial charge >= 0.3 is 0 Å². The molecule has 0 unspecified atom stereocenters. The number of aryl methyl sites for hydroxylation is 1. The molecule has 0 aliphatic carbocycles. The highest BCUT2D eigenvalue weighted by Gasteiger charge is 2.03. The van der Waals surface area contributed by atoms with Gasteiger partial charge in [-0.2, -0.15) is 0 Å². The fourth-order valence-corrected chi connectivity index (χ4v) is 2.33. The number of nitrogens with zero attached hydrogens (tertiary/aromatic N) is 1. The Labute approximate surface area is 127 Å². The summed E-state index contributed by atoms with van der Waals surface area (Å²) in [6, 6.07) is 10.2. The Kier molecular flexibility index (Phi) is 6.00. The summed E-state index contributed by atoms with van der Waals surface area (Å²) in [7, 11) is 0. The van der Waals surface area contributed by atoms with E-state index in [0.29, 0.717) is 6.61 Å². The van der Waals surface area contributed by atoms with Crippen LogP contribution in [0.2, 0.25) is 0 Å². The van der Waals surface area contributed by atoms with E-state index in [-0.39, 0.29) is 0 Å². The molecular weight excluding hydrogens is 260 g/mol. The van der Waals surface area contributed by atoms with Crippen molar-refractivity contribution in [1.29, 1.82) is 0 Å². The molecule has 1 N–H and O–H groups in total. The average Bonchev–Trinajstić information content (AvgIpc) is 2.46. The molecule has 114 valence electrons. The summed E-state index contributed by atoms with van der Waals surface area (Å²) in [6.07, 6.45) is 2.51. The van der Waals surface area contributed by atoms with Crippen LogP contribution in [-0.4, -0.2) is 24.7 Å². The average molecular weight is 286 g/mol. The largest absolute Gasteiger partial charge is 0.490 e. The monoisotopic (exact) mass is 286 g/mol. The molecule has 21 heavy (non-hydrogen) atoms. The van der Waals surface area contributed by atoms with Crippen molar-refractivity contribution >= 4 is 10.9 Å². The van der Waals surface area contributed by atoms with Crippen LogP contribution in [0.1, 0.15) is 32.4 Å². The first-order valence-electron chi connectivity index (χ1n) is 7.86. The first-order valence-corrected chi connectivity index (χ1v) is 7.86. The lowest BCUT2D eigenvalue weighted by atomic mass is 10.1. The number of benzene rings is 1. The van der Waals surface area contributed by atoms with Crippen molar-refractivity contribution in [3.05, 3.63) is 36.0 Å². The molecule has 0 aliphatic rings. The topological polar surface area (TPSA) is 34.1 Å². The Hall–Kier alpha value is -1.61. The van der Waals surface area contributed by atoms with Gasteiger partial charge in [-0.1, -0.05) is 32.0 Å². The van der Waals surface area contributed by atoms with Crippen molar-refractivity contribution < 1.29 is 4.74 Å². The Morgan fingerprint density at radius 2 is 2.00 bits per heavy atom. The second-order valence-corrected chi connectivity index (χ2v) is 5.92. The van der Waals surface area contributed by atoms with Gasteiger partial charge in [0.2, 0.25) is 0 Å². The van der Waals surface area contributed by atoms with Gasteiger partial charge in [0.25, 0.3) is 0 Å². The van der Waals surface area contributed by atoms with Gasteiger partial charge in [-0.15, -0.1) is 0 Å². The second-order valence-electron chi connectivity index (χ2n) is 5.92. The molecule has 3 nitrogen and oxygen atoms in total. The van der Waals surface area contributed by atoms with Crippen LogP contribution in [0.15, 0.2) is 30.3 Å². The third-order valence-corrected chi connectivity index (χ3v) is 3.49. The Morgan fingerprint density at radius 1 is 1.14 bits per heavy atom. The Balaban J connectivity index is 1.80. The molecule has 1 heterocycles. The smallest absolute Gasteiger partial charge is 0.145 e. The summed E-state index contributed by atoms with van der Waals surface area (Å²) in [6.45, 7) is 9.15. The highest BCUT2D eigenvalue weighted by Crippen LogP contribution is 2.23. The van der Waals surface area contributed by atoms with Crippen molar-refractivity contribution in [2.45, 2.75) is 33.6 Å². The molecular formula is C18H26N2O. The molecule has 0 atom stereocenters. The van der Waals surface area contributed by atoms with E-state index in [0.717, 1.165) is 41.4 Å². The van der Waals surface area contributed by atoms with Crippen molar-refractivity contribution in [1.82, 2.24) is 10.3 Å². The fraction of sp³-hybridized carbons (Fsp3) is 0.500. The summed E-state index contributed by atoms with van der Waals surface area (Å²) in [4.78, 5) is 4.58. The molecule has 0 saturated heterocycles. The maximum Gasteiger partial charge on any atom is 0.145 e. The van der Waals surface area contributed by atoms with Crippen LogP contribution in [0.5, 0.6) is 5.75 Å². The van der Waals surface area contributed by atoms with Gasteiger partial charge in [0.05, 0.1) is 0 Å². The minimum atomic E-state index is 0.677. The normalized spacial score (nSPS) is 11.2. The van der Waals surface area contributed by atoms with Crippen LogP contribution >= 0.6 is 0 Å². The predicted octanol–water partition coefficient (Wildman–Crippen LogP) is 3.95. The van der Waals surface area contributed by atoms with E-state index in [1.165, 1.54) is 12.8 Å². The van der Waals surface area contributed by atoms with Crippen LogP contribution in [0, 0.1) is 12.8 Å². The van der Waals surface area contributed by atoms with Gasteiger partial charge in [0.15, 0.2) is 0 Å². The van der Waals surface area contributed by atoms with Crippen LogP contribution < -0.4 is 10.1 Å². The molecule has 0 aliphatic heterocycles. The van der Waals surface area contributed by atoms with E-state index in [2.05, 4.69) is 36.3 Å². The molecule has 0 spiro atoms. The quantitative estimate of drug-likeness (QED) is 0.746. The van der Waals surface area contributed by atoms with Crippen molar-refractivity contribution in [2.75, 3.05) is 19.7 Å². The van der Waals surface area contributed by atoms with Crippen LogP contribution in [0.25, 0.3) is 10.9 Å². The van der Waals surface area contributed by atoms with Crippen molar-refractivity contribution in [3.8, 4) is 5.75 Å². The lowest BCUT2D eigenvalue weighted by Crippen LogP contribution is -2.22. The van der Waals surface area contributed by atoms with Crippen LogP contribution in [-0.2, 0) is 0 Å². The number of ether oxygens (including phenoxy) is 1. The number of fused-ring (bicyclic) bond motifs is 1. The molecule has 2 rings (SSSR count). The highest BCUT2D eigenvalue weighted by atomic mass is 16.5. The number of nitrogens with one attached hydrogen (secondary N) is 1. The van der Waals surface area contributed by atoms with Crippen molar-refractivity contribution in [2.24, 2.45) is 5.92 Å². The number of hydrogen-bond donors (Lipinski definition) is 1. The summed E-state index contributed by atoms with van der Waals surface area (Å²) in [5.41, 5.74) is 1.97. The van der Waals surface area contributed by atoms with Gasteiger partial charge in [-0.25, -0.2) is 4.98 Å². The molecule has 0 saturated carbocycles. The fourth-order valence-electron chi connectivity index (χ4n) is 2.33. The molecule has 3 heteroatoms. The molecule has 2 aromatic rings. The van der Waals surface area contributed by atoms with E-state index < -0.39 is 0 Å².